The third-order valence-corrected chi connectivity index (χ3v) is 4.21. The summed E-state index contributed by atoms with van der Waals surface area (Å²) in [5, 5.41) is 6.11. The lowest BCUT2D eigenvalue weighted by Gasteiger charge is -2.39. The summed E-state index contributed by atoms with van der Waals surface area (Å²) >= 11 is 0. The highest BCUT2D eigenvalue weighted by atomic mass is 19.3. The monoisotopic (exact) mass is 276 g/mol. The number of piperidine rings is 1. The van der Waals surface area contributed by atoms with Gasteiger partial charge in [0.2, 0.25) is 11.8 Å². The molecule has 1 saturated carbocycles. The van der Waals surface area contributed by atoms with Crippen LogP contribution in [0.25, 0.3) is 0 Å². The molecule has 2 N–H and O–H groups in total. The van der Waals surface area contributed by atoms with Crippen molar-refractivity contribution in [1.29, 1.82) is 0 Å². The maximum absolute atomic E-state index is 12.7. The molecule has 0 unspecified atom stereocenters. The van der Waals surface area contributed by atoms with Crippen LogP contribution in [0.3, 0.4) is 0 Å². The van der Waals surface area contributed by atoms with Gasteiger partial charge >= 0.3 is 0 Å². The third-order valence-electron chi connectivity index (χ3n) is 4.21. The maximum Gasteiger partial charge on any atom is 0.249 e. The van der Waals surface area contributed by atoms with Gasteiger partial charge in [0.25, 0.3) is 0 Å². The average molecular weight is 276 g/mol. The molecule has 1 amide bonds. The summed E-state index contributed by atoms with van der Waals surface area (Å²) < 4.78 is 30.7. The standard InChI is InChI=1S/C13H22F2N2O2/c1-19-9-12(2-4-16-5-3-12)8-17-11(18)10-6-13(14,15)7-10/h10,16H,2-9H2,1H3,(H,17,18). The molecule has 1 saturated heterocycles. The Hall–Kier alpha value is -0.750. The highest BCUT2D eigenvalue weighted by Crippen LogP contribution is 2.42. The number of hydrogen-bond donors (Lipinski definition) is 2. The number of nitrogens with one attached hydrogen (secondary N) is 2. The number of carbonyl (C=O) groups excluding carboxylic acids is 1. The predicted octanol–water partition coefficient (Wildman–Crippen LogP) is 1.16. The maximum atomic E-state index is 12.7. The molecule has 1 aliphatic heterocycles. The molecule has 0 atom stereocenters. The largest absolute Gasteiger partial charge is 0.384 e. The lowest BCUT2D eigenvalue weighted by molar-refractivity contribution is -0.150. The van der Waals surface area contributed by atoms with Gasteiger partial charge in [-0.25, -0.2) is 8.78 Å². The number of alkyl halides is 2. The van der Waals surface area contributed by atoms with Crippen molar-refractivity contribution in [2.24, 2.45) is 11.3 Å². The van der Waals surface area contributed by atoms with E-state index in [0.29, 0.717) is 13.2 Å². The molecule has 4 nitrogen and oxygen atoms in total. The lowest BCUT2D eigenvalue weighted by atomic mass is 9.78. The highest BCUT2D eigenvalue weighted by Gasteiger charge is 2.49. The number of halogens is 2. The summed E-state index contributed by atoms with van der Waals surface area (Å²) in [4.78, 5) is 11.8. The molecule has 1 aliphatic carbocycles. The van der Waals surface area contributed by atoms with Crippen molar-refractivity contribution in [1.82, 2.24) is 10.6 Å². The van der Waals surface area contributed by atoms with E-state index in [1.54, 1.807) is 7.11 Å². The average Bonchev–Trinajstić information content (AvgIpc) is 2.35. The molecule has 0 aromatic heterocycles. The van der Waals surface area contributed by atoms with Gasteiger partial charge in [0.15, 0.2) is 0 Å². The van der Waals surface area contributed by atoms with E-state index in [0.717, 1.165) is 25.9 Å². The van der Waals surface area contributed by atoms with Gasteiger partial charge in [-0.05, 0) is 25.9 Å². The minimum atomic E-state index is -2.64. The summed E-state index contributed by atoms with van der Waals surface area (Å²) in [7, 11) is 1.65. The number of carbonyl (C=O) groups is 1. The van der Waals surface area contributed by atoms with Crippen LogP contribution in [-0.4, -0.2) is 45.2 Å². The third kappa shape index (κ3) is 3.63. The fourth-order valence-electron chi connectivity index (χ4n) is 2.90. The van der Waals surface area contributed by atoms with Crippen LogP contribution in [0, 0.1) is 11.3 Å². The van der Waals surface area contributed by atoms with Crippen molar-refractivity contribution in [2.45, 2.75) is 31.6 Å². The number of amides is 1. The van der Waals surface area contributed by atoms with Crippen molar-refractivity contribution < 1.29 is 18.3 Å². The van der Waals surface area contributed by atoms with E-state index in [1.807, 2.05) is 0 Å². The van der Waals surface area contributed by atoms with Gasteiger partial charge in [-0.2, -0.15) is 0 Å². The van der Waals surface area contributed by atoms with Crippen molar-refractivity contribution in [3.05, 3.63) is 0 Å². The molecule has 2 fully saturated rings. The molecule has 1 heterocycles. The van der Waals surface area contributed by atoms with Crippen molar-refractivity contribution >= 4 is 5.91 Å². The second-order valence-electron chi connectivity index (χ2n) is 5.86. The minimum absolute atomic E-state index is 0.0536. The number of methoxy groups -OCH3 is 1. The summed E-state index contributed by atoms with van der Waals surface area (Å²) in [5.74, 6) is -3.39. The fourth-order valence-corrected chi connectivity index (χ4v) is 2.90. The van der Waals surface area contributed by atoms with Crippen molar-refractivity contribution in [3.8, 4) is 0 Å². The molecule has 19 heavy (non-hydrogen) atoms. The number of hydrogen-bond acceptors (Lipinski definition) is 3. The Morgan fingerprint density at radius 3 is 2.53 bits per heavy atom. The van der Waals surface area contributed by atoms with Crippen LogP contribution in [0.5, 0.6) is 0 Å². The predicted molar refractivity (Wildman–Crippen MR) is 67.1 cm³/mol. The first kappa shape index (κ1) is 14.7. The summed E-state index contributed by atoms with van der Waals surface area (Å²) in [6, 6.07) is 0. The molecule has 0 bridgehead atoms. The van der Waals surface area contributed by atoms with Crippen LogP contribution in [0.2, 0.25) is 0 Å². The molecule has 2 aliphatic rings. The van der Waals surface area contributed by atoms with E-state index < -0.39 is 11.8 Å². The van der Waals surface area contributed by atoms with Crippen LogP contribution in [0.4, 0.5) is 8.78 Å². The Kier molecular flexibility index (Phi) is 4.40. The molecule has 2 rings (SSSR count). The first-order valence-electron chi connectivity index (χ1n) is 6.82. The Bertz CT molecular complexity index is 317. The molecular weight excluding hydrogens is 254 g/mol. The molecule has 0 radical (unpaired) electrons. The van der Waals surface area contributed by atoms with Gasteiger partial charge in [0, 0.05) is 37.8 Å². The van der Waals surface area contributed by atoms with Gasteiger partial charge in [-0.15, -0.1) is 0 Å². The second kappa shape index (κ2) is 5.71. The van der Waals surface area contributed by atoms with Gasteiger partial charge in [-0.3, -0.25) is 4.79 Å². The first-order valence-corrected chi connectivity index (χ1v) is 6.82. The Balaban J connectivity index is 1.80. The van der Waals surface area contributed by atoms with Crippen LogP contribution in [0.15, 0.2) is 0 Å². The van der Waals surface area contributed by atoms with Gasteiger partial charge in [-0.1, -0.05) is 0 Å². The van der Waals surface area contributed by atoms with Crippen LogP contribution < -0.4 is 10.6 Å². The highest BCUT2D eigenvalue weighted by molar-refractivity contribution is 5.79. The quantitative estimate of drug-likeness (QED) is 0.792. The number of ether oxygens (including phenoxy) is 1. The van der Waals surface area contributed by atoms with Gasteiger partial charge in [0.1, 0.15) is 0 Å². The molecule has 0 aromatic carbocycles. The summed E-state index contributed by atoms with van der Waals surface area (Å²) in [6.07, 6.45) is 1.25. The zero-order valence-electron chi connectivity index (χ0n) is 11.3. The normalized spacial score (nSPS) is 25.6. The first-order chi connectivity index (χ1) is 8.96. The van der Waals surface area contributed by atoms with E-state index >= 15 is 0 Å². The number of rotatable bonds is 5. The van der Waals surface area contributed by atoms with Gasteiger partial charge < -0.3 is 15.4 Å². The SMILES string of the molecule is COCC1(CNC(=O)C2CC(F)(F)C2)CCNCC1. The molecule has 0 aromatic rings. The zero-order chi connectivity index (χ0) is 13.9. The van der Waals surface area contributed by atoms with Crippen molar-refractivity contribution in [3.63, 3.8) is 0 Å². The van der Waals surface area contributed by atoms with Crippen LogP contribution in [-0.2, 0) is 9.53 Å². The Labute approximate surface area is 112 Å². The van der Waals surface area contributed by atoms with E-state index in [4.69, 9.17) is 4.74 Å². The molecular formula is C13H22F2N2O2. The Morgan fingerprint density at radius 2 is 2.00 bits per heavy atom. The van der Waals surface area contributed by atoms with Crippen LogP contribution >= 0.6 is 0 Å². The second-order valence-corrected chi connectivity index (χ2v) is 5.86. The van der Waals surface area contributed by atoms with Gasteiger partial charge in [0.05, 0.1) is 6.61 Å². The summed E-state index contributed by atoms with van der Waals surface area (Å²) in [6.45, 7) is 2.92. The zero-order valence-corrected chi connectivity index (χ0v) is 11.3. The van der Waals surface area contributed by atoms with Crippen LogP contribution in [0.1, 0.15) is 25.7 Å². The molecule has 0 spiro atoms. The van der Waals surface area contributed by atoms with E-state index in [9.17, 15) is 13.6 Å². The van der Waals surface area contributed by atoms with Crippen molar-refractivity contribution in [2.75, 3.05) is 33.4 Å². The Morgan fingerprint density at radius 1 is 1.37 bits per heavy atom. The lowest BCUT2D eigenvalue weighted by Crippen LogP contribution is -2.51. The summed E-state index contributed by atoms with van der Waals surface area (Å²) in [5.41, 5.74) is -0.0536. The smallest absolute Gasteiger partial charge is 0.249 e. The molecule has 110 valence electrons. The van der Waals surface area contributed by atoms with E-state index in [-0.39, 0.29) is 24.2 Å². The fraction of sp³-hybridized carbons (Fsp3) is 0.923. The topological polar surface area (TPSA) is 50.4 Å². The van der Waals surface area contributed by atoms with E-state index in [1.165, 1.54) is 0 Å². The minimum Gasteiger partial charge on any atom is -0.384 e. The molecule has 6 heteroatoms. The van der Waals surface area contributed by atoms with E-state index in [2.05, 4.69) is 10.6 Å².